The van der Waals surface area contributed by atoms with Gasteiger partial charge in [0.25, 0.3) is 0 Å². The second-order valence-corrected chi connectivity index (χ2v) is 7.18. The summed E-state index contributed by atoms with van der Waals surface area (Å²) in [7, 11) is 0. The summed E-state index contributed by atoms with van der Waals surface area (Å²) in [6.45, 7) is 6.19. The van der Waals surface area contributed by atoms with E-state index in [4.69, 9.17) is 9.47 Å². The summed E-state index contributed by atoms with van der Waals surface area (Å²) in [5, 5.41) is 3.31. The summed E-state index contributed by atoms with van der Waals surface area (Å²) in [4.78, 5) is 16.9. The zero-order valence-corrected chi connectivity index (χ0v) is 16.1. The van der Waals surface area contributed by atoms with Gasteiger partial charge >= 0.3 is 0 Å². The molecule has 0 unspecified atom stereocenters. The van der Waals surface area contributed by atoms with E-state index in [9.17, 15) is 4.79 Å². The number of nitrogens with one attached hydrogen (secondary N) is 1. The molecule has 28 heavy (non-hydrogen) atoms. The molecule has 1 fully saturated rings. The average molecular weight is 381 g/mol. The maximum absolute atomic E-state index is 12.5. The standard InChI is InChI=1S/C22H27N3O3/c26-22(8-9-23-19-6-7-20-21(16-19)28-15-14-27-20)25-12-10-24(11-13-25)17-18-4-2-1-3-5-18/h1-7,16,23H,8-15,17H2. The van der Waals surface area contributed by atoms with Gasteiger partial charge in [-0.3, -0.25) is 9.69 Å². The van der Waals surface area contributed by atoms with Gasteiger partial charge in [-0.15, -0.1) is 0 Å². The Morgan fingerprint density at radius 1 is 0.929 bits per heavy atom. The first-order chi connectivity index (χ1) is 13.8. The zero-order chi connectivity index (χ0) is 19.2. The van der Waals surface area contributed by atoms with Crippen molar-refractivity contribution in [2.45, 2.75) is 13.0 Å². The predicted octanol–water partition coefficient (Wildman–Crippen LogP) is 2.60. The van der Waals surface area contributed by atoms with E-state index in [0.717, 1.165) is 49.9 Å². The third-order valence-electron chi connectivity index (χ3n) is 5.18. The first-order valence-electron chi connectivity index (χ1n) is 9.95. The average Bonchev–Trinajstić information content (AvgIpc) is 2.75. The molecule has 2 aliphatic rings. The van der Waals surface area contributed by atoms with Crippen molar-refractivity contribution in [2.75, 3.05) is 51.3 Å². The van der Waals surface area contributed by atoms with Crippen molar-refractivity contribution in [1.82, 2.24) is 9.80 Å². The highest BCUT2D eigenvalue weighted by atomic mass is 16.6. The topological polar surface area (TPSA) is 54.0 Å². The van der Waals surface area contributed by atoms with Gasteiger partial charge in [0.1, 0.15) is 13.2 Å². The first kappa shape index (κ1) is 18.6. The van der Waals surface area contributed by atoms with Crippen molar-refractivity contribution < 1.29 is 14.3 Å². The molecule has 4 rings (SSSR count). The molecular weight excluding hydrogens is 354 g/mol. The lowest BCUT2D eigenvalue weighted by Crippen LogP contribution is -2.48. The molecule has 0 bridgehead atoms. The SMILES string of the molecule is O=C(CCNc1ccc2c(c1)OCCO2)N1CCN(Cc2ccccc2)CC1. The summed E-state index contributed by atoms with van der Waals surface area (Å²) < 4.78 is 11.1. The van der Waals surface area contributed by atoms with E-state index in [1.54, 1.807) is 0 Å². The van der Waals surface area contributed by atoms with Gasteiger partial charge in [-0.05, 0) is 17.7 Å². The molecule has 0 saturated carbocycles. The molecular formula is C22H27N3O3. The molecule has 0 spiro atoms. The molecule has 2 heterocycles. The van der Waals surface area contributed by atoms with E-state index in [2.05, 4.69) is 34.5 Å². The van der Waals surface area contributed by atoms with Crippen LogP contribution in [0.25, 0.3) is 0 Å². The molecule has 6 heteroatoms. The number of hydrogen-bond donors (Lipinski definition) is 1. The number of anilines is 1. The Labute approximate surface area is 166 Å². The lowest BCUT2D eigenvalue weighted by Gasteiger charge is -2.34. The zero-order valence-electron chi connectivity index (χ0n) is 16.1. The number of benzene rings is 2. The van der Waals surface area contributed by atoms with E-state index < -0.39 is 0 Å². The molecule has 0 aliphatic carbocycles. The maximum Gasteiger partial charge on any atom is 0.224 e. The molecule has 6 nitrogen and oxygen atoms in total. The number of hydrogen-bond acceptors (Lipinski definition) is 5. The molecule has 0 radical (unpaired) electrons. The molecule has 0 aromatic heterocycles. The largest absolute Gasteiger partial charge is 0.486 e. The Morgan fingerprint density at radius 2 is 1.68 bits per heavy atom. The van der Waals surface area contributed by atoms with Crippen molar-refractivity contribution in [3.63, 3.8) is 0 Å². The van der Waals surface area contributed by atoms with Crippen molar-refractivity contribution >= 4 is 11.6 Å². The summed E-state index contributed by atoms with van der Waals surface area (Å²) in [5.41, 5.74) is 2.27. The van der Waals surface area contributed by atoms with Crippen LogP contribution in [-0.4, -0.2) is 61.6 Å². The van der Waals surface area contributed by atoms with Gasteiger partial charge in [-0.2, -0.15) is 0 Å². The van der Waals surface area contributed by atoms with E-state index in [1.807, 2.05) is 29.2 Å². The second-order valence-electron chi connectivity index (χ2n) is 7.18. The van der Waals surface area contributed by atoms with Gasteiger partial charge in [0.05, 0.1) is 0 Å². The second kappa shape index (κ2) is 8.97. The highest BCUT2D eigenvalue weighted by molar-refractivity contribution is 5.77. The fourth-order valence-corrected chi connectivity index (χ4v) is 3.62. The van der Waals surface area contributed by atoms with Crippen LogP contribution in [0.4, 0.5) is 5.69 Å². The number of ether oxygens (including phenoxy) is 2. The fourth-order valence-electron chi connectivity index (χ4n) is 3.62. The molecule has 2 aliphatic heterocycles. The van der Waals surface area contributed by atoms with Gasteiger partial charge in [0.2, 0.25) is 5.91 Å². The van der Waals surface area contributed by atoms with Gasteiger partial charge in [-0.1, -0.05) is 30.3 Å². The van der Waals surface area contributed by atoms with Crippen LogP contribution >= 0.6 is 0 Å². The molecule has 1 saturated heterocycles. The van der Waals surface area contributed by atoms with Gasteiger partial charge < -0.3 is 19.7 Å². The Kier molecular flexibility index (Phi) is 5.97. The number of fused-ring (bicyclic) bond motifs is 1. The van der Waals surface area contributed by atoms with Crippen LogP contribution in [0.5, 0.6) is 11.5 Å². The smallest absolute Gasteiger partial charge is 0.224 e. The van der Waals surface area contributed by atoms with Crippen LogP contribution in [0.3, 0.4) is 0 Å². The monoisotopic (exact) mass is 381 g/mol. The minimum atomic E-state index is 0.212. The lowest BCUT2D eigenvalue weighted by atomic mass is 10.2. The third kappa shape index (κ3) is 4.75. The highest BCUT2D eigenvalue weighted by Gasteiger charge is 2.20. The predicted molar refractivity (Wildman–Crippen MR) is 109 cm³/mol. The summed E-state index contributed by atoms with van der Waals surface area (Å²) >= 11 is 0. The van der Waals surface area contributed by atoms with E-state index in [1.165, 1.54) is 5.56 Å². The number of carbonyl (C=O) groups is 1. The van der Waals surface area contributed by atoms with E-state index in [0.29, 0.717) is 26.2 Å². The van der Waals surface area contributed by atoms with Crippen molar-refractivity contribution in [1.29, 1.82) is 0 Å². The molecule has 1 N–H and O–H groups in total. The molecule has 2 aromatic rings. The minimum Gasteiger partial charge on any atom is -0.486 e. The number of amides is 1. The summed E-state index contributed by atoms with van der Waals surface area (Å²) in [5.74, 6) is 1.75. The van der Waals surface area contributed by atoms with E-state index >= 15 is 0 Å². The van der Waals surface area contributed by atoms with Crippen LogP contribution in [0, 0.1) is 0 Å². The van der Waals surface area contributed by atoms with Crippen LogP contribution in [0.2, 0.25) is 0 Å². The summed E-state index contributed by atoms with van der Waals surface area (Å²) in [6, 6.07) is 16.3. The Balaban J connectivity index is 1.19. The van der Waals surface area contributed by atoms with Crippen LogP contribution < -0.4 is 14.8 Å². The Hall–Kier alpha value is -2.73. The number of rotatable bonds is 6. The van der Waals surface area contributed by atoms with Crippen molar-refractivity contribution in [2.24, 2.45) is 0 Å². The lowest BCUT2D eigenvalue weighted by molar-refractivity contribution is -0.132. The molecule has 0 atom stereocenters. The fraction of sp³-hybridized carbons (Fsp3) is 0.409. The van der Waals surface area contributed by atoms with Crippen molar-refractivity contribution in [3.8, 4) is 11.5 Å². The molecule has 1 amide bonds. The normalized spacial score (nSPS) is 16.6. The highest BCUT2D eigenvalue weighted by Crippen LogP contribution is 2.32. The molecule has 2 aromatic carbocycles. The van der Waals surface area contributed by atoms with E-state index in [-0.39, 0.29) is 5.91 Å². The Bertz CT molecular complexity index is 789. The quantitative estimate of drug-likeness (QED) is 0.834. The van der Waals surface area contributed by atoms with Gasteiger partial charge in [0, 0.05) is 57.4 Å². The third-order valence-corrected chi connectivity index (χ3v) is 5.18. The van der Waals surface area contributed by atoms with Crippen LogP contribution in [-0.2, 0) is 11.3 Å². The van der Waals surface area contributed by atoms with Crippen LogP contribution in [0.15, 0.2) is 48.5 Å². The number of carbonyl (C=O) groups excluding carboxylic acids is 1. The van der Waals surface area contributed by atoms with Crippen molar-refractivity contribution in [3.05, 3.63) is 54.1 Å². The minimum absolute atomic E-state index is 0.212. The van der Waals surface area contributed by atoms with Gasteiger partial charge in [-0.25, -0.2) is 0 Å². The summed E-state index contributed by atoms with van der Waals surface area (Å²) in [6.07, 6.45) is 0.493. The molecule has 148 valence electrons. The Morgan fingerprint density at radius 3 is 2.46 bits per heavy atom. The van der Waals surface area contributed by atoms with Gasteiger partial charge in [0.15, 0.2) is 11.5 Å². The van der Waals surface area contributed by atoms with Crippen LogP contribution in [0.1, 0.15) is 12.0 Å². The number of piperazine rings is 1. The number of nitrogens with zero attached hydrogens (tertiary/aromatic N) is 2. The first-order valence-corrected chi connectivity index (χ1v) is 9.95. The maximum atomic E-state index is 12.5.